The second kappa shape index (κ2) is 15.1. The predicted octanol–water partition coefficient (Wildman–Crippen LogP) is 0.689. The van der Waals surface area contributed by atoms with Crippen molar-refractivity contribution in [3.8, 4) is 0 Å². The van der Waals surface area contributed by atoms with E-state index in [1.807, 2.05) is 0 Å². The molecule has 7 heteroatoms. The lowest BCUT2D eigenvalue weighted by molar-refractivity contribution is -0.128. The van der Waals surface area contributed by atoms with Gasteiger partial charge >= 0.3 is 0 Å². The van der Waals surface area contributed by atoms with E-state index < -0.39 is 18.2 Å². The molecule has 0 saturated carbocycles. The average molecular weight is 360 g/mol. The molecule has 0 rings (SSSR count). The number of unbranched alkanes of at least 4 members (excludes halogenated alkanes) is 4. The van der Waals surface area contributed by atoms with Crippen LogP contribution in [-0.4, -0.2) is 60.4 Å². The number of rotatable bonds is 15. The molecule has 148 valence electrons. The molecule has 0 saturated heterocycles. The molecular formula is C18H37N3O4. The zero-order valence-corrected chi connectivity index (χ0v) is 16.0. The largest absolute Gasteiger partial charge is 0.394 e. The van der Waals surface area contributed by atoms with Gasteiger partial charge in [-0.3, -0.25) is 9.59 Å². The summed E-state index contributed by atoms with van der Waals surface area (Å²) in [5, 5.41) is 27.4. The van der Waals surface area contributed by atoms with Gasteiger partial charge < -0.3 is 26.2 Å². The Balaban J connectivity index is 4.03. The third-order valence-electron chi connectivity index (χ3n) is 4.16. The standard InChI is InChI=1S/C18H37N3O4/c1-4-5-6-7-8-9-16(23)11-10-15(13-22)21-18(25)14(2)20-17(24)12-19-3/h14-16,19,22-23H,4-13H2,1-3H3,(H,20,24)(H,21,25)/t14-,15?,16?/m0/s1. The summed E-state index contributed by atoms with van der Waals surface area (Å²) < 4.78 is 0. The number of aliphatic hydroxyl groups excluding tert-OH is 2. The van der Waals surface area contributed by atoms with Crippen LogP contribution in [0, 0.1) is 0 Å². The zero-order valence-electron chi connectivity index (χ0n) is 16.0. The number of nitrogens with one attached hydrogen (secondary N) is 3. The Kier molecular flexibility index (Phi) is 14.4. The summed E-state index contributed by atoms with van der Waals surface area (Å²) in [6, 6.07) is -1.08. The van der Waals surface area contributed by atoms with Gasteiger partial charge in [-0.1, -0.05) is 39.0 Å². The third kappa shape index (κ3) is 12.8. The summed E-state index contributed by atoms with van der Waals surface area (Å²) in [4.78, 5) is 23.5. The number of hydrogen-bond donors (Lipinski definition) is 5. The van der Waals surface area contributed by atoms with Crippen LogP contribution >= 0.6 is 0 Å². The first kappa shape index (κ1) is 23.8. The Morgan fingerprint density at radius 1 is 1.00 bits per heavy atom. The first-order valence-corrected chi connectivity index (χ1v) is 9.47. The lowest BCUT2D eigenvalue weighted by Gasteiger charge is -2.21. The van der Waals surface area contributed by atoms with E-state index >= 15 is 0 Å². The fraction of sp³-hybridized carbons (Fsp3) is 0.889. The minimum atomic E-state index is -0.668. The number of carbonyl (C=O) groups excluding carboxylic acids is 2. The van der Waals surface area contributed by atoms with Gasteiger partial charge in [-0.2, -0.15) is 0 Å². The highest BCUT2D eigenvalue weighted by Gasteiger charge is 2.19. The Morgan fingerprint density at radius 3 is 2.28 bits per heavy atom. The van der Waals surface area contributed by atoms with Crippen molar-refractivity contribution in [1.29, 1.82) is 0 Å². The number of likely N-dealkylation sites (N-methyl/N-ethyl adjacent to an activating group) is 1. The van der Waals surface area contributed by atoms with Gasteiger partial charge in [0.2, 0.25) is 11.8 Å². The van der Waals surface area contributed by atoms with Crippen LogP contribution in [0.4, 0.5) is 0 Å². The van der Waals surface area contributed by atoms with E-state index in [1.54, 1.807) is 14.0 Å². The minimum Gasteiger partial charge on any atom is -0.394 e. The van der Waals surface area contributed by atoms with Crippen molar-refractivity contribution in [2.75, 3.05) is 20.2 Å². The van der Waals surface area contributed by atoms with Gasteiger partial charge in [-0.15, -0.1) is 0 Å². The van der Waals surface area contributed by atoms with E-state index in [-0.39, 0.29) is 25.0 Å². The topological polar surface area (TPSA) is 111 Å². The molecule has 0 bridgehead atoms. The van der Waals surface area contributed by atoms with E-state index in [0.29, 0.717) is 12.8 Å². The van der Waals surface area contributed by atoms with E-state index in [0.717, 1.165) is 19.3 Å². The van der Waals surface area contributed by atoms with Crippen LogP contribution in [0.15, 0.2) is 0 Å². The van der Waals surface area contributed by atoms with Crippen LogP contribution < -0.4 is 16.0 Å². The molecule has 0 spiro atoms. The van der Waals surface area contributed by atoms with Crippen molar-refractivity contribution in [3.63, 3.8) is 0 Å². The fourth-order valence-corrected chi connectivity index (χ4v) is 2.58. The number of amides is 2. The average Bonchev–Trinajstić information content (AvgIpc) is 2.58. The molecule has 7 nitrogen and oxygen atoms in total. The van der Waals surface area contributed by atoms with E-state index in [1.165, 1.54) is 19.3 Å². The molecule has 25 heavy (non-hydrogen) atoms. The first-order valence-electron chi connectivity index (χ1n) is 9.47. The van der Waals surface area contributed by atoms with Crippen LogP contribution in [0.1, 0.15) is 65.2 Å². The lowest BCUT2D eigenvalue weighted by atomic mass is 10.0. The second-order valence-electron chi connectivity index (χ2n) is 6.64. The Bertz CT molecular complexity index is 366. The molecule has 2 amide bonds. The SMILES string of the molecule is CCCCCCCC(O)CCC(CO)NC(=O)[C@H](C)NC(=O)CNC. The maximum Gasteiger partial charge on any atom is 0.242 e. The highest BCUT2D eigenvalue weighted by Crippen LogP contribution is 2.11. The summed E-state index contributed by atoms with van der Waals surface area (Å²) in [6.45, 7) is 3.73. The van der Waals surface area contributed by atoms with Crippen LogP contribution in [0.2, 0.25) is 0 Å². The second-order valence-corrected chi connectivity index (χ2v) is 6.64. The van der Waals surface area contributed by atoms with Gasteiger partial charge in [0.1, 0.15) is 6.04 Å². The van der Waals surface area contributed by atoms with Crippen molar-refractivity contribution >= 4 is 11.8 Å². The fourth-order valence-electron chi connectivity index (χ4n) is 2.58. The Hall–Kier alpha value is -1.18. The van der Waals surface area contributed by atoms with E-state index in [4.69, 9.17) is 0 Å². The third-order valence-corrected chi connectivity index (χ3v) is 4.16. The molecule has 0 heterocycles. The van der Waals surface area contributed by atoms with Gasteiger partial charge in [0, 0.05) is 0 Å². The van der Waals surface area contributed by atoms with E-state index in [9.17, 15) is 19.8 Å². The van der Waals surface area contributed by atoms with Crippen LogP contribution in [-0.2, 0) is 9.59 Å². The van der Waals surface area contributed by atoms with Crippen LogP contribution in [0.25, 0.3) is 0 Å². The molecule has 0 aliphatic carbocycles. The quantitative estimate of drug-likeness (QED) is 0.276. The summed E-state index contributed by atoms with van der Waals surface area (Å²) in [7, 11) is 1.65. The smallest absolute Gasteiger partial charge is 0.242 e. The molecule has 0 aromatic carbocycles. The van der Waals surface area contributed by atoms with E-state index in [2.05, 4.69) is 22.9 Å². The molecule has 5 N–H and O–H groups in total. The Morgan fingerprint density at radius 2 is 1.68 bits per heavy atom. The molecule has 0 fully saturated rings. The summed E-state index contributed by atoms with van der Waals surface area (Å²) in [5.74, 6) is -0.596. The van der Waals surface area contributed by atoms with Gasteiger partial charge in [0.25, 0.3) is 0 Å². The number of carbonyl (C=O) groups is 2. The lowest BCUT2D eigenvalue weighted by Crippen LogP contribution is -2.50. The van der Waals surface area contributed by atoms with Gasteiger partial charge in [-0.25, -0.2) is 0 Å². The van der Waals surface area contributed by atoms with Crippen molar-refractivity contribution in [2.24, 2.45) is 0 Å². The summed E-state index contributed by atoms with van der Waals surface area (Å²) in [5.41, 5.74) is 0. The van der Waals surface area contributed by atoms with Crippen LogP contribution in [0.5, 0.6) is 0 Å². The molecule has 3 atom stereocenters. The number of hydrogen-bond acceptors (Lipinski definition) is 5. The predicted molar refractivity (Wildman–Crippen MR) is 99.2 cm³/mol. The molecule has 0 aliphatic heterocycles. The molecule has 0 aromatic rings. The monoisotopic (exact) mass is 359 g/mol. The summed E-state index contributed by atoms with van der Waals surface area (Å²) in [6.07, 6.45) is 7.18. The zero-order chi connectivity index (χ0) is 19.1. The van der Waals surface area contributed by atoms with Crippen LogP contribution in [0.3, 0.4) is 0 Å². The van der Waals surface area contributed by atoms with Crippen molar-refractivity contribution in [3.05, 3.63) is 0 Å². The highest BCUT2D eigenvalue weighted by atomic mass is 16.3. The van der Waals surface area contributed by atoms with Crippen molar-refractivity contribution in [2.45, 2.75) is 83.4 Å². The van der Waals surface area contributed by atoms with Crippen molar-refractivity contribution < 1.29 is 19.8 Å². The molecule has 0 aliphatic rings. The summed E-state index contributed by atoms with van der Waals surface area (Å²) >= 11 is 0. The first-order chi connectivity index (χ1) is 11.9. The normalized spacial score (nSPS) is 14.6. The Labute approximate surface area is 152 Å². The molecule has 0 radical (unpaired) electrons. The van der Waals surface area contributed by atoms with Crippen molar-refractivity contribution in [1.82, 2.24) is 16.0 Å². The molecular weight excluding hydrogens is 322 g/mol. The van der Waals surface area contributed by atoms with Gasteiger partial charge in [0.05, 0.1) is 25.3 Å². The van der Waals surface area contributed by atoms with Gasteiger partial charge in [-0.05, 0) is 33.2 Å². The molecule has 2 unspecified atom stereocenters. The molecule has 0 aromatic heterocycles. The maximum absolute atomic E-state index is 12.0. The minimum absolute atomic E-state index is 0.144. The van der Waals surface area contributed by atoms with Gasteiger partial charge in [0.15, 0.2) is 0 Å². The number of aliphatic hydroxyl groups is 2. The maximum atomic E-state index is 12.0. The highest BCUT2D eigenvalue weighted by molar-refractivity contribution is 5.88.